The lowest BCUT2D eigenvalue weighted by atomic mass is 10.5. The van der Waals surface area contributed by atoms with Crippen molar-refractivity contribution in [1.82, 2.24) is 14.8 Å². The van der Waals surface area contributed by atoms with Gasteiger partial charge in [0.1, 0.15) is 6.73 Å². The van der Waals surface area contributed by atoms with Crippen LogP contribution in [-0.4, -0.2) is 46.1 Å². The number of urea groups is 1. The van der Waals surface area contributed by atoms with Crippen molar-refractivity contribution in [3.05, 3.63) is 15.5 Å². The quantitative estimate of drug-likeness (QED) is 0.862. The number of rotatable bonds is 2. The zero-order valence-electron chi connectivity index (χ0n) is 8.46. The number of aromatic nitrogens is 1. The second-order valence-electron chi connectivity index (χ2n) is 3.29. The van der Waals surface area contributed by atoms with E-state index in [9.17, 15) is 9.90 Å². The molecule has 6 nitrogen and oxygen atoms in total. The summed E-state index contributed by atoms with van der Waals surface area (Å²) in [5.41, 5.74) is 0. The van der Waals surface area contributed by atoms with E-state index in [1.807, 2.05) is 0 Å². The molecule has 2 rings (SSSR count). The van der Waals surface area contributed by atoms with E-state index in [2.05, 4.69) is 4.98 Å². The van der Waals surface area contributed by atoms with Gasteiger partial charge in [-0.05, 0) is 0 Å². The zero-order chi connectivity index (χ0) is 11.7. The summed E-state index contributed by atoms with van der Waals surface area (Å²) in [7, 11) is 1.47. The van der Waals surface area contributed by atoms with Crippen molar-refractivity contribution in [2.24, 2.45) is 0 Å². The normalized spacial score (nSPS) is 21.7. The number of halogens is 1. The molecular formula is C8H10ClN3O3S. The van der Waals surface area contributed by atoms with Crippen LogP contribution in [-0.2, 0) is 11.3 Å². The molecule has 1 aliphatic rings. The fourth-order valence-electron chi connectivity index (χ4n) is 1.30. The Hall–Kier alpha value is -0.890. The van der Waals surface area contributed by atoms with Gasteiger partial charge in [-0.3, -0.25) is 9.80 Å². The highest BCUT2D eigenvalue weighted by Gasteiger charge is 2.30. The van der Waals surface area contributed by atoms with Gasteiger partial charge in [0.15, 0.2) is 4.47 Å². The van der Waals surface area contributed by atoms with Gasteiger partial charge >= 0.3 is 6.03 Å². The summed E-state index contributed by atoms with van der Waals surface area (Å²) in [6.07, 6.45) is 0.444. The fraction of sp³-hybridized carbons (Fsp3) is 0.500. The number of aliphatic hydroxyl groups excluding tert-OH is 1. The Labute approximate surface area is 101 Å². The lowest BCUT2D eigenvalue weighted by molar-refractivity contribution is -0.214. The summed E-state index contributed by atoms with van der Waals surface area (Å²) < 4.78 is 5.43. The average molecular weight is 264 g/mol. The summed E-state index contributed by atoms with van der Waals surface area (Å²) in [6, 6.07) is -0.289. The minimum absolute atomic E-state index is 0.0554. The zero-order valence-corrected chi connectivity index (χ0v) is 10.0. The van der Waals surface area contributed by atoms with Crippen LogP contribution in [0.1, 0.15) is 4.88 Å². The van der Waals surface area contributed by atoms with Crippen molar-refractivity contribution in [1.29, 1.82) is 0 Å². The molecular weight excluding hydrogens is 254 g/mol. The number of nitrogens with zero attached hydrogens (tertiary/aromatic N) is 3. The lowest BCUT2D eigenvalue weighted by Gasteiger charge is -2.36. The molecule has 0 bridgehead atoms. The summed E-state index contributed by atoms with van der Waals surface area (Å²) in [4.78, 5) is 19.0. The maximum absolute atomic E-state index is 11.7. The predicted molar refractivity (Wildman–Crippen MR) is 57.8 cm³/mol. The predicted octanol–water partition coefficient (Wildman–Crippen LogP) is 0.914. The van der Waals surface area contributed by atoms with Crippen LogP contribution in [0, 0.1) is 0 Å². The Balaban J connectivity index is 2.03. The van der Waals surface area contributed by atoms with Crippen molar-refractivity contribution in [3.8, 4) is 0 Å². The molecule has 88 valence electrons. The number of carbonyl (C=O) groups excluding carboxylic acids is 1. The SMILES string of the molecule is CN1C(=O)N(Cc2cnc(Cl)s2)COC1O. The van der Waals surface area contributed by atoms with Crippen LogP contribution in [0.4, 0.5) is 4.79 Å². The molecule has 16 heavy (non-hydrogen) atoms. The van der Waals surface area contributed by atoms with Crippen molar-refractivity contribution >= 4 is 29.0 Å². The largest absolute Gasteiger partial charge is 0.351 e. The van der Waals surface area contributed by atoms with Gasteiger partial charge in [0.25, 0.3) is 0 Å². The van der Waals surface area contributed by atoms with Crippen LogP contribution in [0.15, 0.2) is 6.20 Å². The number of hydrogen-bond acceptors (Lipinski definition) is 5. The third-order valence-corrected chi connectivity index (χ3v) is 3.25. The van der Waals surface area contributed by atoms with Crippen LogP contribution in [0.25, 0.3) is 0 Å². The number of hydrogen-bond donors (Lipinski definition) is 1. The number of aliphatic hydroxyl groups is 1. The molecule has 0 aromatic carbocycles. The van der Waals surface area contributed by atoms with E-state index in [1.165, 1.54) is 23.3 Å². The van der Waals surface area contributed by atoms with Crippen molar-refractivity contribution in [2.45, 2.75) is 13.0 Å². The minimum atomic E-state index is -1.17. The highest BCUT2D eigenvalue weighted by Crippen LogP contribution is 2.21. The van der Waals surface area contributed by atoms with E-state index < -0.39 is 6.41 Å². The maximum atomic E-state index is 11.7. The van der Waals surface area contributed by atoms with E-state index in [4.69, 9.17) is 16.3 Å². The molecule has 1 unspecified atom stereocenters. The van der Waals surface area contributed by atoms with Crippen molar-refractivity contribution in [3.63, 3.8) is 0 Å². The summed E-state index contributed by atoms with van der Waals surface area (Å²) >= 11 is 7.00. The van der Waals surface area contributed by atoms with E-state index in [-0.39, 0.29) is 12.8 Å². The van der Waals surface area contributed by atoms with Gasteiger partial charge < -0.3 is 9.84 Å². The highest BCUT2D eigenvalue weighted by molar-refractivity contribution is 7.15. The molecule has 2 amide bonds. The molecule has 0 radical (unpaired) electrons. The Bertz CT molecular complexity index is 400. The molecule has 1 atom stereocenters. The van der Waals surface area contributed by atoms with Gasteiger partial charge in [-0.1, -0.05) is 11.6 Å². The van der Waals surface area contributed by atoms with Gasteiger partial charge in [0.2, 0.25) is 6.41 Å². The van der Waals surface area contributed by atoms with Crippen LogP contribution < -0.4 is 0 Å². The van der Waals surface area contributed by atoms with E-state index >= 15 is 0 Å². The van der Waals surface area contributed by atoms with Gasteiger partial charge in [-0.25, -0.2) is 9.78 Å². The summed E-state index contributed by atoms with van der Waals surface area (Å²) in [5.74, 6) is 0. The van der Waals surface area contributed by atoms with Gasteiger partial charge in [0, 0.05) is 18.1 Å². The molecule has 1 saturated heterocycles. The number of thiazole rings is 1. The molecule has 8 heteroatoms. The number of carbonyl (C=O) groups is 1. The summed E-state index contributed by atoms with van der Waals surface area (Å²) in [6.45, 7) is 0.431. The summed E-state index contributed by atoms with van der Waals surface area (Å²) in [5, 5.41) is 9.26. The standard InChI is InChI=1S/C8H10ClN3O3S/c1-11-7(13)12(4-15-8(11)14)3-5-2-10-6(9)16-5/h2,8,14H,3-4H2,1H3. The minimum Gasteiger partial charge on any atom is -0.351 e. The Kier molecular flexibility index (Phi) is 3.29. The molecule has 1 fully saturated rings. The Morgan fingerprint density at radius 2 is 2.56 bits per heavy atom. The molecule has 0 spiro atoms. The molecule has 1 aromatic rings. The first kappa shape index (κ1) is 11.6. The van der Waals surface area contributed by atoms with Crippen LogP contribution >= 0.6 is 22.9 Å². The molecule has 1 aliphatic heterocycles. The van der Waals surface area contributed by atoms with Gasteiger partial charge in [-0.2, -0.15) is 0 Å². The second kappa shape index (κ2) is 4.54. The van der Waals surface area contributed by atoms with Crippen LogP contribution in [0.3, 0.4) is 0 Å². The molecule has 1 N–H and O–H groups in total. The first-order valence-corrected chi connectivity index (χ1v) is 5.69. The molecule has 1 aromatic heterocycles. The highest BCUT2D eigenvalue weighted by atomic mass is 35.5. The van der Waals surface area contributed by atoms with Crippen molar-refractivity contribution in [2.75, 3.05) is 13.8 Å². The van der Waals surface area contributed by atoms with Gasteiger partial charge in [0.05, 0.1) is 6.54 Å². The van der Waals surface area contributed by atoms with E-state index in [1.54, 1.807) is 6.20 Å². The first-order valence-electron chi connectivity index (χ1n) is 4.49. The molecule has 0 aliphatic carbocycles. The van der Waals surface area contributed by atoms with Crippen LogP contribution in [0.2, 0.25) is 4.47 Å². The lowest BCUT2D eigenvalue weighted by Crippen LogP contribution is -2.53. The Morgan fingerprint density at radius 1 is 1.81 bits per heavy atom. The molecule has 2 heterocycles. The third-order valence-electron chi connectivity index (χ3n) is 2.16. The first-order chi connectivity index (χ1) is 7.58. The maximum Gasteiger partial charge on any atom is 0.325 e. The third kappa shape index (κ3) is 2.27. The molecule has 0 saturated carbocycles. The number of amides is 2. The fourth-order valence-corrected chi connectivity index (χ4v) is 2.29. The monoisotopic (exact) mass is 263 g/mol. The van der Waals surface area contributed by atoms with Crippen LogP contribution in [0.5, 0.6) is 0 Å². The average Bonchev–Trinajstić information content (AvgIpc) is 2.65. The topological polar surface area (TPSA) is 65.9 Å². The number of ether oxygens (including phenoxy) is 1. The smallest absolute Gasteiger partial charge is 0.325 e. The van der Waals surface area contributed by atoms with E-state index in [0.29, 0.717) is 11.0 Å². The second-order valence-corrected chi connectivity index (χ2v) is 4.99. The van der Waals surface area contributed by atoms with Crippen molar-refractivity contribution < 1.29 is 14.6 Å². The Morgan fingerprint density at radius 3 is 3.19 bits per heavy atom. The van der Waals surface area contributed by atoms with E-state index in [0.717, 1.165) is 9.78 Å². The van der Waals surface area contributed by atoms with Gasteiger partial charge in [-0.15, -0.1) is 11.3 Å².